The van der Waals surface area contributed by atoms with Crippen molar-refractivity contribution in [3.63, 3.8) is 0 Å². The maximum absolute atomic E-state index is 12.2. The Balaban J connectivity index is 1.99. The van der Waals surface area contributed by atoms with Crippen molar-refractivity contribution in [1.82, 2.24) is 0 Å². The lowest BCUT2D eigenvalue weighted by molar-refractivity contribution is -0.385. The van der Waals surface area contributed by atoms with Gasteiger partial charge in [-0.05, 0) is 36.4 Å². The highest BCUT2D eigenvalue weighted by atomic mass is 16.6. The van der Waals surface area contributed by atoms with Gasteiger partial charge >= 0.3 is 5.97 Å². The Morgan fingerprint density at radius 1 is 1.08 bits per heavy atom. The van der Waals surface area contributed by atoms with Crippen LogP contribution in [0.25, 0.3) is 11.8 Å². The second kappa shape index (κ2) is 7.10. The largest absolute Gasteiger partial charge is 0.493 e. The van der Waals surface area contributed by atoms with E-state index in [2.05, 4.69) is 0 Å². The van der Waals surface area contributed by atoms with Crippen molar-refractivity contribution in [3.8, 4) is 11.5 Å². The summed E-state index contributed by atoms with van der Waals surface area (Å²) in [6.07, 6.45) is 2.98. The molecule has 1 aliphatic heterocycles. The van der Waals surface area contributed by atoms with E-state index in [-0.39, 0.29) is 11.3 Å². The minimum absolute atomic E-state index is 0.0826. The number of nitrogens with zero attached hydrogens (tertiary/aromatic N) is 1. The van der Waals surface area contributed by atoms with Crippen LogP contribution in [0.15, 0.2) is 54.1 Å². The first-order chi connectivity index (χ1) is 12.5. The van der Waals surface area contributed by atoms with Crippen molar-refractivity contribution in [2.45, 2.75) is 0 Å². The topological polar surface area (TPSA) is 87.9 Å². The average Bonchev–Trinajstić information content (AvgIpc) is 3.02. The van der Waals surface area contributed by atoms with Crippen LogP contribution >= 0.6 is 0 Å². The van der Waals surface area contributed by atoms with Crippen LogP contribution in [0, 0.1) is 10.1 Å². The Hall–Kier alpha value is -3.61. The Morgan fingerprint density at radius 2 is 1.81 bits per heavy atom. The zero-order valence-electron chi connectivity index (χ0n) is 14.1. The van der Waals surface area contributed by atoms with Crippen molar-refractivity contribution >= 4 is 23.5 Å². The quantitative estimate of drug-likeness (QED) is 0.353. The van der Waals surface area contributed by atoms with Gasteiger partial charge in [-0.3, -0.25) is 10.1 Å². The smallest absolute Gasteiger partial charge is 0.343 e. The summed E-state index contributed by atoms with van der Waals surface area (Å²) >= 11 is 0. The van der Waals surface area contributed by atoms with Crippen LogP contribution in [0.5, 0.6) is 11.5 Å². The number of carbonyl (C=O) groups is 1. The fraction of sp³-hybridized carbons (Fsp3) is 0.105. The molecule has 0 atom stereocenters. The molecule has 0 unspecified atom stereocenters. The average molecular weight is 353 g/mol. The van der Waals surface area contributed by atoms with E-state index in [1.165, 1.54) is 26.4 Å². The molecule has 7 heteroatoms. The van der Waals surface area contributed by atoms with Gasteiger partial charge in [0.1, 0.15) is 5.76 Å². The molecule has 0 fully saturated rings. The minimum Gasteiger partial charge on any atom is -0.493 e. The first-order valence-corrected chi connectivity index (χ1v) is 7.65. The van der Waals surface area contributed by atoms with Crippen molar-refractivity contribution in [3.05, 3.63) is 75.4 Å². The summed E-state index contributed by atoms with van der Waals surface area (Å²) in [6.45, 7) is 0. The maximum Gasteiger partial charge on any atom is 0.343 e. The van der Waals surface area contributed by atoms with Crippen LogP contribution in [0.4, 0.5) is 5.69 Å². The zero-order chi connectivity index (χ0) is 18.7. The van der Waals surface area contributed by atoms with Crippen molar-refractivity contribution in [1.29, 1.82) is 0 Å². The summed E-state index contributed by atoms with van der Waals surface area (Å²) in [5.74, 6) is 0.809. The molecule has 2 aromatic carbocycles. The highest BCUT2D eigenvalue weighted by molar-refractivity contribution is 6.05. The first-order valence-electron chi connectivity index (χ1n) is 7.65. The lowest BCUT2D eigenvalue weighted by Crippen LogP contribution is -1.98. The van der Waals surface area contributed by atoms with E-state index in [1.807, 2.05) is 0 Å². The van der Waals surface area contributed by atoms with Crippen LogP contribution in [0.2, 0.25) is 0 Å². The summed E-state index contributed by atoms with van der Waals surface area (Å²) in [6, 6.07) is 11.3. The number of cyclic esters (lactones) is 1. The predicted molar refractivity (Wildman–Crippen MR) is 94.7 cm³/mol. The van der Waals surface area contributed by atoms with E-state index in [9.17, 15) is 14.9 Å². The predicted octanol–water partition coefficient (Wildman–Crippen LogP) is 3.59. The molecule has 0 aliphatic carbocycles. The summed E-state index contributed by atoms with van der Waals surface area (Å²) in [5, 5.41) is 11.1. The number of carbonyl (C=O) groups excluding carboxylic acids is 1. The fourth-order valence-electron chi connectivity index (χ4n) is 2.56. The Bertz CT molecular complexity index is 945. The highest BCUT2D eigenvalue weighted by Gasteiger charge is 2.24. The molecule has 1 heterocycles. The van der Waals surface area contributed by atoms with E-state index in [0.29, 0.717) is 28.4 Å². The second-order valence-electron chi connectivity index (χ2n) is 5.38. The van der Waals surface area contributed by atoms with Gasteiger partial charge in [0.15, 0.2) is 11.5 Å². The monoisotopic (exact) mass is 353 g/mol. The Morgan fingerprint density at radius 3 is 2.50 bits per heavy atom. The van der Waals surface area contributed by atoms with Crippen LogP contribution in [0.3, 0.4) is 0 Å². The molecule has 0 amide bonds. The van der Waals surface area contributed by atoms with Gasteiger partial charge in [0.2, 0.25) is 0 Å². The molecule has 26 heavy (non-hydrogen) atoms. The van der Waals surface area contributed by atoms with E-state index in [4.69, 9.17) is 14.2 Å². The maximum atomic E-state index is 12.2. The van der Waals surface area contributed by atoms with E-state index in [0.717, 1.165) is 0 Å². The minimum atomic E-state index is -0.576. The Kier molecular flexibility index (Phi) is 4.70. The van der Waals surface area contributed by atoms with Crippen LogP contribution in [-0.4, -0.2) is 25.1 Å². The number of rotatable bonds is 5. The van der Waals surface area contributed by atoms with Crippen molar-refractivity contribution in [2.24, 2.45) is 0 Å². The number of nitro benzene ring substituents is 1. The summed E-state index contributed by atoms with van der Waals surface area (Å²) < 4.78 is 15.7. The summed E-state index contributed by atoms with van der Waals surface area (Å²) in [4.78, 5) is 22.8. The molecule has 0 N–H and O–H groups in total. The standard InChI is InChI=1S/C19H15NO6/c1-24-16-8-7-13(10-18(16)25-2)17-11-14(19(21)26-17)9-12-5-3-4-6-15(12)20(22)23/h3-11H,1-2H3. The summed E-state index contributed by atoms with van der Waals surface area (Å²) in [5.41, 5.74) is 1.10. The van der Waals surface area contributed by atoms with Gasteiger partial charge in [0.05, 0.1) is 30.3 Å². The molecule has 2 aromatic rings. The van der Waals surface area contributed by atoms with Gasteiger partial charge in [0, 0.05) is 11.6 Å². The third-order valence-electron chi connectivity index (χ3n) is 3.84. The van der Waals surface area contributed by atoms with Gasteiger partial charge in [0.25, 0.3) is 5.69 Å². The number of hydrogen-bond acceptors (Lipinski definition) is 6. The number of nitro groups is 1. The molecule has 3 rings (SSSR count). The molecule has 7 nitrogen and oxygen atoms in total. The Labute approximate surface area is 149 Å². The molecule has 0 saturated heterocycles. The number of para-hydroxylation sites is 1. The zero-order valence-corrected chi connectivity index (χ0v) is 14.1. The summed E-state index contributed by atoms with van der Waals surface area (Å²) in [7, 11) is 3.04. The first kappa shape index (κ1) is 17.2. The second-order valence-corrected chi connectivity index (χ2v) is 5.38. The lowest BCUT2D eigenvalue weighted by atomic mass is 10.1. The molecular formula is C19H15NO6. The number of benzene rings is 2. The third-order valence-corrected chi connectivity index (χ3v) is 3.84. The molecule has 0 aromatic heterocycles. The number of esters is 1. The number of hydrogen-bond donors (Lipinski definition) is 0. The fourth-order valence-corrected chi connectivity index (χ4v) is 2.56. The lowest BCUT2D eigenvalue weighted by Gasteiger charge is -2.09. The van der Waals surface area contributed by atoms with Gasteiger partial charge in [-0.25, -0.2) is 4.79 Å². The molecule has 132 valence electrons. The molecule has 0 saturated carbocycles. The number of ether oxygens (including phenoxy) is 3. The molecule has 1 aliphatic rings. The van der Waals surface area contributed by atoms with Gasteiger partial charge in [-0.2, -0.15) is 0 Å². The third kappa shape index (κ3) is 3.27. The van der Waals surface area contributed by atoms with Crippen molar-refractivity contribution in [2.75, 3.05) is 14.2 Å². The molecule has 0 radical (unpaired) electrons. The highest BCUT2D eigenvalue weighted by Crippen LogP contribution is 2.34. The van der Waals surface area contributed by atoms with Gasteiger partial charge < -0.3 is 14.2 Å². The number of methoxy groups -OCH3 is 2. The van der Waals surface area contributed by atoms with E-state index in [1.54, 1.807) is 42.5 Å². The van der Waals surface area contributed by atoms with E-state index >= 15 is 0 Å². The van der Waals surface area contributed by atoms with Crippen molar-refractivity contribution < 1.29 is 23.9 Å². The van der Waals surface area contributed by atoms with Crippen LogP contribution in [-0.2, 0) is 9.53 Å². The normalized spacial score (nSPS) is 14.8. The van der Waals surface area contributed by atoms with E-state index < -0.39 is 10.9 Å². The van der Waals surface area contributed by atoms with Gasteiger partial charge in [-0.1, -0.05) is 12.1 Å². The molecule has 0 bridgehead atoms. The molecular weight excluding hydrogens is 338 g/mol. The SMILES string of the molecule is COc1ccc(C2=CC(=Cc3ccccc3[N+](=O)[O-])C(=O)O2)cc1OC. The van der Waals surface area contributed by atoms with Crippen LogP contribution < -0.4 is 9.47 Å². The molecule has 0 spiro atoms. The van der Waals surface area contributed by atoms with Crippen LogP contribution in [0.1, 0.15) is 11.1 Å². The van der Waals surface area contributed by atoms with Gasteiger partial charge in [-0.15, -0.1) is 0 Å².